The Balaban J connectivity index is 1.23. The zero-order chi connectivity index (χ0) is 30.6. The van der Waals surface area contributed by atoms with Gasteiger partial charge in [-0.25, -0.2) is 18.1 Å². The van der Waals surface area contributed by atoms with Gasteiger partial charge in [-0.2, -0.15) is 5.26 Å². The van der Waals surface area contributed by atoms with E-state index in [0.717, 1.165) is 64.5 Å². The number of nitrogens with one attached hydrogen (secondary N) is 1. The Kier molecular flexibility index (Phi) is 9.82. The van der Waals surface area contributed by atoms with Gasteiger partial charge >= 0.3 is 5.97 Å². The molecule has 3 aromatic rings. The Morgan fingerprint density at radius 3 is 2.72 bits per heavy atom. The fourth-order valence-corrected chi connectivity index (χ4v) is 8.16. The number of methoxy groups -OCH3 is 1. The number of hydrogen-bond acceptors (Lipinski definition) is 9. The van der Waals surface area contributed by atoms with Gasteiger partial charge in [0, 0.05) is 30.8 Å². The minimum Gasteiger partial charge on any atom is -0.490 e. The molecule has 0 saturated carbocycles. The number of sulfonamides is 1. The van der Waals surface area contributed by atoms with Crippen molar-refractivity contribution < 1.29 is 22.7 Å². The van der Waals surface area contributed by atoms with Crippen LogP contribution in [0.25, 0.3) is 21.0 Å². The summed E-state index contributed by atoms with van der Waals surface area (Å²) >= 11 is 1.56. The summed E-state index contributed by atoms with van der Waals surface area (Å²) in [5, 5.41) is 10.4. The number of ether oxygens (including phenoxy) is 2. The second-order valence-electron chi connectivity index (χ2n) is 11.5. The number of benzene rings is 2. The second kappa shape index (κ2) is 13.6. The maximum absolute atomic E-state index is 13.1. The standard InChI is InChI=1S/C32H38N4O5S2/c1-21(2)41-29-10-7-23(18-24(29)19-33)32-34-20-30(42-32)27-6-4-5-26-25(27)8-9-28(26)35-43(38,39)16-15-36-13-11-22(12-14-36)17-31(37)40-3/h4-7,10,18,20-22,28,35H,8-9,11-17H2,1-3H3. The monoisotopic (exact) mass is 622 g/mol. The molecule has 43 heavy (non-hydrogen) atoms. The lowest BCUT2D eigenvalue weighted by Gasteiger charge is -2.31. The van der Waals surface area contributed by atoms with Crippen LogP contribution in [0.5, 0.6) is 5.75 Å². The van der Waals surface area contributed by atoms with Gasteiger partial charge in [-0.1, -0.05) is 18.2 Å². The Hall–Kier alpha value is -3.30. The predicted octanol–water partition coefficient (Wildman–Crippen LogP) is 5.32. The maximum Gasteiger partial charge on any atom is 0.305 e. The lowest BCUT2D eigenvalue weighted by molar-refractivity contribution is -0.142. The van der Waals surface area contributed by atoms with Crippen molar-refractivity contribution in [2.75, 3.05) is 32.5 Å². The molecule has 1 atom stereocenters. The second-order valence-corrected chi connectivity index (χ2v) is 14.4. The summed E-state index contributed by atoms with van der Waals surface area (Å²) in [5.74, 6) is 0.728. The largest absolute Gasteiger partial charge is 0.490 e. The number of nitriles is 1. The number of piperidine rings is 1. The van der Waals surface area contributed by atoms with E-state index in [1.54, 1.807) is 11.3 Å². The molecule has 2 aromatic carbocycles. The summed E-state index contributed by atoms with van der Waals surface area (Å²) < 4.78 is 39.7. The number of rotatable bonds is 11. The minimum atomic E-state index is -3.48. The lowest BCUT2D eigenvalue weighted by Crippen LogP contribution is -2.40. The molecule has 1 fully saturated rings. The molecule has 0 spiro atoms. The molecule has 5 rings (SSSR count). The van der Waals surface area contributed by atoms with Gasteiger partial charge in [-0.05, 0) is 93.4 Å². The summed E-state index contributed by atoms with van der Waals surface area (Å²) in [5.41, 5.74) is 4.56. The quantitative estimate of drug-likeness (QED) is 0.285. The van der Waals surface area contributed by atoms with Gasteiger partial charge < -0.3 is 14.4 Å². The van der Waals surface area contributed by atoms with E-state index in [1.807, 2.05) is 50.4 Å². The number of thiazole rings is 1. The molecular weight excluding hydrogens is 585 g/mol. The fourth-order valence-electron chi connectivity index (χ4n) is 5.90. The first-order valence-corrected chi connectivity index (χ1v) is 17.2. The van der Waals surface area contributed by atoms with E-state index >= 15 is 0 Å². The van der Waals surface area contributed by atoms with Crippen LogP contribution in [0, 0.1) is 17.2 Å². The van der Waals surface area contributed by atoms with Crippen molar-refractivity contribution in [1.82, 2.24) is 14.6 Å². The van der Waals surface area contributed by atoms with Crippen LogP contribution >= 0.6 is 11.3 Å². The highest BCUT2D eigenvalue weighted by molar-refractivity contribution is 7.89. The highest BCUT2D eigenvalue weighted by Gasteiger charge is 2.30. The van der Waals surface area contributed by atoms with E-state index in [-0.39, 0.29) is 23.9 Å². The van der Waals surface area contributed by atoms with E-state index in [9.17, 15) is 18.5 Å². The van der Waals surface area contributed by atoms with Crippen LogP contribution in [0.3, 0.4) is 0 Å². The number of hydrogen-bond donors (Lipinski definition) is 1. The molecular formula is C32H38N4O5S2. The highest BCUT2D eigenvalue weighted by Crippen LogP contribution is 2.41. The van der Waals surface area contributed by atoms with E-state index in [2.05, 4.69) is 26.7 Å². The van der Waals surface area contributed by atoms with Gasteiger partial charge in [-0.3, -0.25) is 4.79 Å². The number of fused-ring (bicyclic) bond motifs is 1. The van der Waals surface area contributed by atoms with Crippen LogP contribution in [0.2, 0.25) is 0 Å². The van der Waals surface area contributed by atoms with Crippen molar-refractivity contribution in [2.24, 2.45) is 5.92 Å². The van der Waals surface area contributed by atoms with Gasteiger partial charge in [0.05, 0.1) is 29.4 Å². The third-order valence-corrected chi connectivity index (χ3v) is 10.6. The molecule has 1 saturated heterocycles. The van der Waals surface area contributed by atoms with Crippen molar-refractivity contribution in [2.45, 2.75) is 58.1 Å². The summed E-state index contributed by atoms with van der Waals surface area (Å²) in [6.07, 6.45) is 5.49. The molecule has 0 radical (unpaired) electrons. The molecule has 2 heterocycles. The molecule has 1 unspecified atom stereocenters. The Morgan fingerprint density at radius 1 is 1.21 bits per heavy atom. The molecule has 228 valence electrons. The first-order valence-electron chi connectivity index (χ1n) is 14.7. The van der Waals surface area contributed by atoms with Gasteiger partial charge in [0.2, 0.25) is 10.0 Å². The molecule has 11 heteroatoms. The molecule has 0 bridgehead atoms. The topological polar surface area (TPSA) is 122 Å². The molecule has 0 amide bonds. The van der Waals surface area contributed by atoms with Crippen LogP contribution in [-0.2, 0) is 26.0 Å². The van der Waals surface area contributed by atoms with Crippen molar-refractivity contribution in [3.8, 4) is 32.8 Å². The maximum atomic E-state index is 13.1. The van der Waals surface area contributed by atoms with Crippen LogP contribution in [-0.4, -0.2) is 62.9 Å². The van der Waals surface area contributed by atoms with Crippen LogP contribution in [0.15, 0.2) is 42.6 Å². The fraction of sp³-hybridized carbons (Fsp3) is 0.469. The smallest absolute Gasteiger partial charge is 0.305 e. The van der Waals surface area contributed by atoms with Crippen LogP contribution in [0.4, 0.5) is 0 Å². The van der Waals surface area contributed by atoms with Crippen LogP contribution < -0.4 is 9.46 Å². The summed E-state index contributed by atoms with van der Waals surface area (Å²) in [7, 11) is -2.07. The van der Waals surface area contributed by atoms with E-state index < -0.39 is 10.0 Å². The van der Waals surface area contributed by atoms with E-state index in [1.165, 1.54) is 7.11 Å². The number of carbonyl (C=O) groups is 1. The lowest BCUT2D eigenvalue weighted by atomic mass is 9.94. The average molecular weight is 623 g/mol. The Morgan fingerprint density at radius 2 is 2.00 bits per heavy atom. The zero-order valence-electron chi connectivity index (χ0n) is 24.8. The van der Waals surface area contributed by atoms with Crippen molar-refractivity contribution >= 4 is 27.3 Å². The van der Waals surface area contributed by atoms with Crippen molar-refractivity contribution in [1.29, 1.82) is 5.26 Å². The Labute approximate surface area is 257 Å². The summed E-state index contributed by atoms with van der Waals surface area (Å²) in [4.78, 5) is 19.4. The van der Waals surface area contributed by atoms with E-state index in [0.29, 0.717) is 36.6 Å². The third-order valence-electron chi connectivity index (χ3n) is 8.14. The first-order chi connectivity index (χ1) is 20.7. The SMILES string of the molecule is COC(=O)CC1CCN(CCS(=O)(=O)NC2CCc3c(-c4cnc(-c5ccc(OC(C)C)c(C#N)c5)s4)cccc32)CC1. The molecule has 1 aliphatic carbocycles. The third kappa shape index (κ3) is 7.62. The number of esters is 1. The molecule has 1 N–H and O–H groups in total. The normalized spacial score (nSPS) is 17.5. The molecule has 2 aliphatic rings. The van der Waals surface area contributed by atoms with Gasteiger partial charge in [0.25, 0.3) is 0 Å². The predicted molar refractivity (Wildman–Crippen MR) is 167 cm³/mol. The number of aromatic nitrogens is 1. The summed E-state index contributed by atoms with van der Waals surface area (Å²) in [6, 6.07) is 13.6. The number of nitrogens with zero attached hydrogens (tertiary/aromatic N) is 3. The van der Waals surface area contributed by atoms with Crippen molar-refractivity contribution in [3.05, 3.63) is 59.3 Å². The molecule has 1 aliphatic heterocycles. The Bertz CT molecular complexity index is 1600. The van der Waals surface area contributed by atoms with Gasteiger partial charge in [-0.15, -0.1) is 11.3 Å². The van der Waals surface area contributed by atoms with E-state index in [4.69, 9.17) is 9.47 Å². The molecule has 1 aromatic heterocycles. The van der Waals surface area contributed by atoms with Gasteiger partial charge in [0.1, 0.15) is 16.8 Å². The average Bonchev–Trinajstić information content (AvgIpc) is 3.64. The molecule has 9 nitrogen and oxygen atoms in total. The number of likely N-dealkylation sites (tertiary alicyclic amines) is 1. The summed E-state index contributed by atoms with van der Waals surface area (Å²) in [6.45, 7) is 5.91. The minimum absolute atomic E-state index is 0.0268. The van der Waals surface area contributed by atoms with Crippen molar-refractivity contribution in [3.63, 3.8) is 0 Å². The highest BCUT2D eigenvalue weighted by atomic mass is 32.2. The van der Waals surface area contributed by atoms with Gasteiger partial charge in [0.15, 0.2) is 0 Å². The zero-order valence-corrected chi connectivity index (χ0v) is 26.5. The first kappa shape index (κ1) is 31.1. The number of carbonyl (C=O) groups excluding carboxylic acids is 1. The van der Waals surface area contributed by atoms with Crippen LogP contribution in [0.1, 0.15) is 62.3 Å².